The number of benzene rings is 1. The monoisotopic (exact) mass is 399 g/mol. The van der Waals surface area contributed by atoms with Gasteiger partial charge in [-0.3, -0.25) is 0 Å². The highest BCUT2D eigenvalue weighted by Crippen LogP contribution is 2.35. The standard InChI is InChI=1S/C16H10Cl2F3N5/c1-7-15(11-5-14-24-12(17)6-13(18)26(14)25-11)23-10-4-8(16(19,20)21)2-3-9(10)22-7/h2-5,13H,6H2,1H3. The predicted octanol–water partition coefficient (Wildman–Crippen LogP) is 5.23. The van der Waals surface area contributed by atoms with E-state index in [2.05, 4.69) is 20.1 Å². The van der Waals surface area contributed by atoms with E-state index < -0.39 is 17.2 Å². The Bertz CT molecular complexity index is 1060. The molecule has 1 aliphatic rings. The van der Waals surface area contributed by atoms with Crippen LogP contribution in [0.2, 0.25) is 0 Å². The Morgan fingerprint density at radius 2 is 1.92 bits per heavy atom. The SMILES string of the molecule is Cc1nc2ccc(C(F)(F)F)cc2nc1-c1cc2n(n1)C(Cl)CC(Cl)=N2. The predicted molar refractivity (Wildman–Crippen MR) is 93.0 cm³/mol. The van der Waals surface area contributed by atoms with E-state index in [4.69, 9.17) is 23.2 Å². The van der Waals surface area contributed by atoms with E-state index >= 15 is 0 Å². The largest absolute Gasteiger partial charge is 0.416 e. The van der Waals surface area contributed by atoms with Crippen molar-refractivity contribution in [1.29, 1.82) is 0 Å². The third-order valence-corrected chi connectivity index (χ3v) is 4.54. The fourth-order valence-electron chi connectivity index (χ4n) is 2.75. The van der Waals surface area contributed by atoms with E-state index in [0.29, 0.717) is 40.0 Å². The minimum Gasteiger partial charge on any atom is -0.249 e. The van der Waals surface area contributed by atoms with Crippen molar-refractivity contribution in [3.63, 3.8) is 0 Å². The number of aromatic nitrogens is 4. The molecule has 4 rings (SSSR count). The summed E-state index contributed by atoms with van der Waals surface area (Å²) in [6.45, 7) is 1.71. The smallest absolute Gasteiger partial charge is 0.249 e. The first-order valence-electron chi connectivity index (χ1n) is 7.55. The number of rotatable bonds is 1. The molecule has 1 aromatic carbocycles. The van der Waals surface area contributed by atoms with Gasteiger partial charge in [0.15, 0.2) is 5.82 Å². The fraction of sp³-hybridized carbons (Fsp3) is 0.250. The molecule has 1 atom stereocenters. The summed E-state index contributed by atoms with van der Waals surface area (Å²) in [7, 11) is 0. The number of hydrogen-bond acceptors (Lipinski definition) is 4. The van der Waals surface area contributed by atoms with Crippen LogP contribution in [0.25, 0.3) is 22.4 Å². The summed E-state index contributed by atoms with van der Waals surface area (Å²) >= 11 is 12.2. The molecule has 0 amide bonds. The summed E-state index contributed by atoms with van der Waals surface area (Å²) in [5.74, 6) is 0.460. The van der Waals surface area contributed by atoms with Crippen molar-refractivity contribution in [2.45, 2.75) is 25.0 Å². The molecule has 0 saturated heterocycles. The second-order valence-electron chi connectivity index (χ2n) is 5.82. The second-order valence-corrected chi connectivity index (χ2v) is 6.76. The summed E-state index contributed by atoms with van der Waals surface area (Å²) in [5.41, 5.74) is 0.563. The van der Waals surface area contributed by atoms with Gasteiger partial charge in [0.2, 0.25) is 0 Å². The van der Waals surface area contributed by atoms with Gasteiger partial charge in [-0.05, 0) is 25.1 Å². The highest BCUT2D eigenvalue weighted by molar-refractivity contribution is 6.66. The minimum absolute atomic E-state index is 0.135. The lowest BCUT2D eigenvalue weighted by Crippen LogP contribution is -2.11. The summed E-state index contributed by atoms with van der Waals surface area (Å²) in [6.07, 6.45) is -4.11. The van der Waals surface area contributed by atoms with Crippen LogP contribution < -0.4 is 0 Å². The van der Waals surface area contributed by atoms with Gasteiger partial charge in [-0.1, -0.05) is 23.2 Å². The maximum atomic E-state index is 12.9. The summed E-state index contributed by atoms with van der Waals surface area (Å²) < 4.78 is 40.3. The molecule has 3 heterocycles. The van der Waals surface area contributed by atoms with Gasteiger partial charge in [-0.25, -0.2) is 19.6 Å². The molecule has 2 aromatic heterocycles. The van der Waals surface area contributed by atoms with Gasteiger partial charge >= 0.3 is 6.18 Å². The number of aliphatic imine (C=N–C) groups is 1. The Kier molecular flexibility index (Phi) is 3.92. The molecule has 10 heteroatoms. The lowest BCUT2D eigenvalue weighted by Gasteiger charge is -2.15. The molecule has 0 N–H and O–H groups in total. The van der Waals surface area contributed by atoms with E-state index in [1.807, 2.05) is 0 Å². The van der Waals surface area contributed by atoms with Gasteiger partial charge in [-0.15, -0.1) is 0 Å². The van der Waals surface area contributed by atoms with E-state index in [1.165, 1.54) is 10.7 Å². The molecule has 0 spiro atoms. The zero-order valence-electron chi connectivity index (χ0n) is 13.2. The Labute approximate surface area is 155 Å². The number of hydrogen-bond donors (Lipinski definition) is 0. The van der Waals surface area contributed by atoms with E-state index in [1.54, 1.807) is 13.0 Å². The van der Waals surface area contributed by atoms with Crippen LogP contribution in [0.5, 0.6) is 0 Å². The third kappa shape index (κ3) is 2.93. The van der Waals surface area contributed by atoms with Gasteiger partial charge in [0.05, 0.1) is 22.3 Å². The van der Waals surface area contributed by atoms with Crippen molar-refractivity contribution in [3.05, 3.63) is 35.5 Å². The average Bonchev–Trinajstić information content (AvgIpc) is 2.96. The first-order valence-corrected chi connectivity index (χ1v) is 8.36. The molecule has 1 unspecified atom stereocenters. The molecule has 0 fully saturated rings. The molecule has 0 radical (unpaired) electrons. The quantitative estimate of drug-likeness (QED) is 0.526. The molecule has 5 nitrogen and oxygen atoms in total. The maximum Gasteiger partial charge on any atom is 0.416 e. The Morgan fingerprint density at radius 1 is 1.15 bits per heavy atom. The number of nitrogens with zero attached hydrogens (tertiary/aromatic N) is 5. The van der Waals surface area contributed by atoms with Crippen molar-refractivity contribution < 1.29 is 13.2 Å². The van der Waals surface area contributed by atoms with Crippen LogP contribution in [0, 0.1) is 6.92 Å². The van der Waals surface area contributed by atoms with Crippen LogP contribution >= 0.6 is 23.2 Å². The number of alkyl halides is 4. The normalized spacial score (nSPS) is 17.3. The maximum absolute atomic E-state index is 12.9. The molecule has 26 heavy (non-hydrogen) atoms. The summed E-state index contributed by atoms with van der Waals surface area (Å²) in [5, 5.41) is 4.73. The summed E-state index contributed by atoms with van der Waals surface area (Å²) in [4.78, 5) is 12.9. The molecule has 0 bridgehead atoms. The van der Waals surface area contributed by atoms with Crippen molar-refractivity contribution in [3.8, 4) is 11.4 Å². The molecule has 0 aliphatic carbocycles. The van der Waals surface area contributed by atoms with E-state index in [0.717, 1.165) is 12.1 Å². The molecular formula is C16H10Cl2F3N5. The lowest BCUT2D eigenvalue weighted by molar-refractivity contribution is -0.137. The molecule has 3 aromatic rings. The van der Waals surface area contributed by atoms with Crippen LogP contribution in [0.15, 0.2) is 29.3 Å². The van der Waals surface area contributed by atoms with E-state index in [9.17, 15) is 13.2 Å². The highest BCUT2D eigenvalue weighted by Gasteiger charge is 2.31. The van der Waals surface area contributed by atoms with Crippen LogP contribution in [-0.2, 0) is 6.18 Å². The Balaban J connectivity index is 1.87. The fourth-order valence-corrected chi connectivity index (χ4v) is 3.35. The highest BCUT2D eigenvalue weighted by atomic mass is 35.5. The van der Waals surface area contributed by atoms with Crippen molar-refractivity contribution in [1.82, 2.24) is 19.7 Å². The lowest BCUT2D eigenvalue weighted by atomic mass is 10.1. The average molecular weight is 400 g/mol. The zero-order chi connectivity index (χ0) is 18.6. The van der Waals surface area contributed by atoms with Crippen LogP contribution in [0.1, 0.15) is 23.2 Å². The van der Waals surface area contributed by atoms with Gasteiger partial charge in [0.25, 0.3) is 0 Å². The van der Waals surface area contributed by atoms with Crippen LogP contribution in [-0.4, -0.2) is 24.9 Å². The van der Waals surface area contributed by atoms with Gasteiger partial charge in [-0.2, -0.15) is 18.3 Å². The number of halogens is 5. The van der Waals surface area contributed by atoms with Crippen LogP contribution in [0.3, 0.4) is 0 Å². The molecular weight excluding hydrogens is 390 g/mol. The third-order valence-electron chi connectivity index (χ3n) is 3.96. The van der Waals surface area contributed by atoms with Gasteiger partial charge in [0.1, 0.15) is 22.1 Å². The summed E-state index contributed by atoms with van der Waals surface area (Å²) in [6, 6.07) is 4.90. The number of aryl methyl sites for hydroxylation is 1. The van der Waals surface area contributed by atoms with Crippen molar-refractivity contribution in [2.75, 3.05) is 0 Å². The second kappa shape index (κ2) is 5.92. The van der Waals surface area contributed by atoms with Crippen LogP contribution in [0.4, 0.5) is 19.0 Å². The number of fused-ring (bicyclic) bond motifs is 2. The topological polar surface area (TPSA) is 56.0 Å². The zero-order valence-corrected chi connectivity index (χ0v) is 14.7. The van der Waals surface area contributed by atoms with Gasteiger partial charge < -0.3 is 0 Å². The molecule has 0 saturated carbocycles. The van der Waals surface area contributed by atoms with Crippen molar-refractivity contribution >= 4 is 45.2 Å². The van der Waals surface area contributed by atoms with E-state index in [-0.39, 0.29) is 5.52 Å². The first-order chi connectivity index (χ1) is 12.2. The Hall–Kier alpha value is -2.19. The van der Waals surface area contributed by atoms with Gasteiger partial charge in [0, 0.05) is 12.5 Å². The first kappa shape index (κ1) is 17.2. The van der Waals surface area contributed by atoms with Crippen molar-refractivity contribution in [2.24, 2.45) is 4.99 Å². The molecule has 1 aliphatic heterocycles. The Morgan fingerprint density at radius 3 is 2.65 bits per heavy atom. The molecule has 134 valence electrons. The minimum atomic E-state index is -4.45.